The summed E-state index contributed by atoms with van der Waals surface area (Å²) in [4.78, 5) is 21.1. The smallest absolute Gasteiger partial charge is 0.271 e. The second-order valence-electron chi connectivity index (χ2n) is 4.47. The van der Waals surface area contributed by atoms with Gasteiger partial charge in [0.25, 0.3) is 5.91 Å². The topological polar surface area (TPSA) is 46.1 Å². The van der Waals surface area contributed by atoms with E-state index in [9.17, 15) is 4.79 Å². The van der Waals surface area contributed by atoms with Crippen LogP contribution >= 0.6 is 15.9 Å². The van der Waals surface area contributed by atoms with E-state index in [1.165, 1.54) is 4.90 Å². The predicted octanol–water partition coefficient (Wildman–Crippen LogP) is 3.24. The summed E-state index contributed by atoms with van der Waals surface area (Å²) >= 11 is 3.25. The number of aryl methyl sites for hydroxylation is 2. The first-order chi connectivity index (χ1) is 9.40. The monoisotopic (exact) mass is 335 g/mol. The van der Waals surface area contributed by atoms with Crippen LogP contribution in [-0.2, 0) is 0 Å². The third-order valence-electron chi connectivity index (χ3n) is 2.37. The Bertz CT molecular complexity index is 568. The summed E-state index contributed by atoms with van der Waals surface area (Å²) in [5.41, 5.74) is 2.40. The van der Waals surface area contributed by atoms with E-state index in [1.807, 2.05) is 44.2 Å². The van der Waals surface area contributed by atoms with Crippen LogP contribution in [0.5, 0.6) is 0 Å². The Morgan fingerprint density at radius 2 is 1.55 bits per heavy atom. The Morgan fingerprint density at radius 3 is 1.95 bits per heavy atom. The molecule has 0 N–H and O–H groups in total. The molecule has 0 fully saturated rings. The molecule has 0 saturated heterocycles. The number of pyridine rings is 2. The summed E-state index contributed by atoms with van der Waals surface area (Å²) in [6.45, 7) is 3.83. The van der Waals surface area contributed by atoms with Gasteiger partial charge in [0, 0.05) is 25.5 Å². The molecule has 0 radical (unpaired) electrons. The standard InChI is InChI=1S/C9H12N2O.C6H6BrN/c1-7-5-4-6-8(10-7)9(12)11(2)3;1-5-3-2-4-6(7)8-5/h4-6H,1-3H3;2-4H,1H3. The van der Waals surface area contributed by atoms with Crippen LogP contribution in [0.4, 0.5) is 0 Å². The minimum atomic E-state index is -0.0568. The quantitative estimate of drug-likeness (QED) is 0.751. The Morgan fingerprint density at radius 1 is 1.00 bits per heavy atom. The average molecular weight is 336 g/mol. The lowest BCUT2D eigenvalue weighted by molar-refractivity contribution is 0.0822. The number of amides is 1. The highest BCUT2D eigenvalue weighted by Crippen LogP contribution is 2.04. The van der Waals surface area contributed by atoms with Crippen molar-refractivity contribution in [2.45, 2.75) is 13.8 Å². The van der Waals surface area contributed by atoms with Gasteiger partial charge in [-0.3, -0.25) is 4.79 Å². The zero-order valence-corrected chi connectivity index (χ0v) is 13.7. The van der Waals surface area contributed by atoms with Crippen molar-refractivity contribution in [2.24, 2.45) is 0 Å². The third kappa shape index (κ3) is 5.48. The van der Waals surface area contributed by atoms with E-state index in [2.05, 4.69) is 25.9 Å². The lowest BCUT2D eigenvalue weighted by Gasteiger charge is -2.08. The summed E-state index contributed by atoms with van der Waals surface area (Å²) in [7, 11) is 3.43. The number of hydrogen-bond acceptors (Lipinski definition) is 3. The summed E-state index contributed by atoms with van der Waals surface area (Å²) in [6, 6.07) is 11.3. The SMILES string of the molecule is Cc1cccc(Br)n1.Cc1cccc(C(=O)N(C)C)n1. The molecule has 0 bridgehead atoms. The van der Waals surface area contributed by atoms with Crippen LogP contribution in [0.3, 0.4) is 0 Å². The summed E-state index contributed by atoms with van der Waals surface area (Å²) in [6.07, 6.45) is 0. The molecule has 0 unspecified atom stereocenters. The van der Waals surface area contributed by atoms with Crippen molar-refractivity contribution in [3.8, 4) is 0 Å². The summed E-state index contributed by atoms with van der Waals surface area (Å²) in [5.74, 6) is -0.0568. The Kier molecular flexibility index (Phi) is 6.31. The van der Waals surface area contributed by atoms with Gasteiger partial charge in [-0.1, -0.05) is 12.1 Å². The average Bonchev–Trinajstić information content (AvgIpc) is 2.38. The molecule has 2 heterocycles. The minimum Gasteiger partial charge on any atom is -0.343 e. The molecule has 0 aliphatic rings. The van der Waals surface area contributed by atoms with Gasteiger partial charge in [-0.25, -0.2) is 9.97 Å². The molecule has 0 aromatic carbocycles. The van der Waals surface area contributed by atoms with E-state index in [0.717, 1.165) is 16.0 Å². The van der Waals surface area contributed by atoms with Gasteiger partial charge in [0.2, 0.25) is 0 Å². The van der Waals surface area contributed by atoms with Crippen LogP contribution in [0.2, 0.25) is 0 Å². The second-order valence-corrected chi connectivity index (χ2v) is 5.28. The highest BCUT2D eigenvalue weighted by Gasteiger charge is 2.07. The van der Waals surface area contributed by atoms with E-state index in [4.69, 9.17) is 0 Å². The molecule has 0 spiro atoms. The summed E-state index contributed by atoms with van der Waals surface area (Å²) in [5, 5.41) is 0. The lowest BCUT2D eigenvalue weighted by Crippen LogP contribution is -2.22. The second kappa shape index (κ2) is 7.75. The van der Waals surface area contributed by atoms with E-state index in [1.54, 1.807) is 20.2 Å². The van der Waals surface area contributed by atoms with E-state index >= 15 is 0 Å². The Labute approximate surface area is 128 Å². The zero-order valence-electron chi connectivity index (χ0n) is 12.1. The van der Waals surface area contributed by atoms with Crippen LogP contribution in [0.25, 0.3) is 0 Å². The van der Waals surface area contributed by atoms with E-state index in [0.29, 0.717) is 5.69 Å². The fourth-order valence-electron chi connectivity index (χ4n) is 1.40. The molecule has 0 saturated carbocycles. The minimum absolute atomic E-state index is 0.0568. The first kappa shape index (κ1) is 16.3. The summed E-state index contributed by atoms with van der Waals surface area (Å²) < 4.78 is 0.900. The number of carbonyl (C=O) groups excluding carboxylic acids is 1. The molecule has 0 aliphatic carbocycles. The van der Waals surface area contributed by atoms with Crippen molar-refractivity contribution >= 4 is 21.8 Å². The van der Waals surface area contributed by atoms with Gasteiger partial charge >= 0.3 is 0 Å². The van der Waals surface area contributed by atoms with E-state index in [-0.39, 0.29) is 5.91 Å². The largest absolute Gasteiger partial charge is 0.343 e. The molecule has 5 heteroatoms. The number of nitrogens with zero attached hydrogens (tertiary/aromatic N) is 3. The molecule has 2 aromatic rings. The fourth-order valence-corrected chi connectivity index (χ4v) is 1.83. The van der Waals surface area contributed by atoms with E-state index < -0.39 is 0 Å². The van der Waals surface area contributed by atoms with Gasteiger partial charge in [0.1, 0.15) is 10.3 Å². The van der Waals surface area contributed by atoms with Crippen LogP contribution < -0.4 is 0 Å². The van der Waals surface area contributed by atoms with Crippen molar-refractivity contribution in [2.75, 3.05) is 14.1 Å². The third-order valence-corrected chi connectivity index (χ3v) is 2.81. The van der Waals surface area contributed by atoms with Gasteiger partial charge < -0.3 is 4.90 Å². The number of carbonyl (C=O) groups is 1. The highest BCUT2D eigenvalue weighted by atomic mass is 79.9. The predicted molar refractivity (Wildman–Crippen MR) is 83.7 cm³/mol. The molecular formula is C15H18BrN3O. The maximum Gasteiger partial charge on any atom is 0.271 e. The van der Waals surface area contributed by atoms with Crippen LogP contribution in [-0.4, -0.2) is 34.9 Å². The van der Waals surface area contributed by atoms with Gasteiger partial charge in [0.15, 0.2) is 0 Å². The van der Waals surface area contributed by atoms with Crippen molar-refractivity contribution in [1.82, 2.24) is 14.9 Å². The van der Waals surface area contributed by atoms with Crippen molar-refractivity contribution < 1.29 is 4.79 Å². The fraction of sp³-hybridized carbons (Fsp3) is 0.267. The molecule has 0 aliphatic heterocycles. The molecular weight excluding hydrogens is 318 g/mol. The molecule has 0 atom stereocenters. The molecule has 4 nitrogen and oxygen atoms in total. The zero-order chi connectivity index (χ0) is 15.1. The lowest BCUT2D eigenvalue weighted by atomic mass is 10.3. The molecule has 106 valence electrons. The van der Waals surface area contributed by atoms with Crippen molar-refractivity contribution in [3.05, 3.63) is 58.1 Å². The molecule has 2 aromatic heterocycles. The van der Waals surface area contributed by atoms with Gasteiger partial charge in [0.05, 0.1) is 0 Å². The van der Waals surface area contributed by atoms with Crippen molar-refractivity contribution in [3.63, 3.8) is 0 Å². The van der Waals surface area contributed by atoms with Gasteiger partial charge in [-0.15, -0.1) is 0 Å². The first-order valence-corrected chi connectivity index (χ1v) is 6.94. The highest BCUT2D eigenvalue weighted by molar-refractivity contribution is 9.10. The van der Waals surface area contributed by atoms with Crippen LogP contribution in [0, 0.1) is 13.8 Å². The van der Waals surface area contributed by atoms with Gasteiger partial charge in [-0.05, 0) is 54.0 Å². The number of rotatable bonds is 1. The Hall–Kier alpha value is -1.75. The maximum atomic E-state index is 11.4. The molecule has 2 rings (SSSR count). The van der Waals surface area contributed by atoms with Crippen LogP contribution in [0.15, 0.2) is 41.0 Å². The van der Waals surface area contributed by atoms with Gasteiger partial charge in [-0.2, -0.15) is 0 Å². The van der Waals surface area contributed by atoms with Crippen LogP contribution in [0.1, 0.15) is 21.9 Å². The molecule has 20 heavy (non-hydrogen) atoms. The number of aromatic nitrogens is 2. The van der Waals surface area contributed by atoms with Crippen molar-refractivity contribution in [1.29, 1.82) is 0 Å². The number of halogens is 1. The normalized spacial score (nSPS) is 9.45. The Balaban J connectivity index is 0.000000217. The first-order valence-electron chi connectivity index (χ1n) is 6.14. The maximum absolute atomic E-state index is 11.4. The molecule has 1 amide bonds. The number of hydrogen-bond donors (Lipinski definition) is 0.